The first-order valence-electron chi connectivity index (χ1n) is 12.2. The van der Waals surface area contributed by atoms with Gasteiger partial charge in [0.05, 0.1) is 43.8 Å². The Bertz CT molecular complexity index is 1630. The Hall–Kier alpha value is -3.93. The van der Waals surface area contributed by atoms with Crippen LogP contribution in [0.15, 0.2) is 47.5 Å². The van der Waals surface area contributed by atoms with E-state index in [0.717, 1.165) is 5.56 Å². The summed E-state index contributed by atoms with van der Waals surface area (Å²) in [5.41, 5.74) is 2.16. The van der Waals surface area contributed by atoms with Gasteiger partial charge in [-0.25, -0.2) is 9.97 Å². The van der Waals surface area contributed by atoms with Gasteiger partial charge in [-0.15, -0.1) is 0 Å². The first-order valence-corrected chi connectivity index (χ1v) is 13.0. The van der Waals surface area contributed by atoms with E-state index in [9.17, 15) is 9.59 Å². The molecule has 4 heterocycles. The van der Waals surface area contributed by atoms with E-state index in [1.165, 1.54) is 24.9 Å². The molecule has 208 valence electrons. The predicted molar refractivity (Wildman–Crippen MR) is 150 cm³/mol. The number of pyridine rings is 1. The Balaban J connectivity index is 1.80. The van der Waals surface area contributed by atoms with Crippen molar-refractivity contribution < 1.29 is 19.0 Å². The number of ether oxygens (including phenoxy) is 3. The lowest BCUT2D eigenvalue weighted by Gasteiger charge is -2.29. The summed E-state index contributed by atoms with van der Waals surface area (Å²) in [5, 5.41) is 0.538. The molecule has 11 nitrogen and oxygen atoms in total. The number of carbonyl (C=O) groups excluding carboxylic acids is 1. The summed E-state index contributed by atoms with van der Waals surface area (Å²) in [5.74, 6) is 0.292. The molecule has 0 N–H and O–H groups in total. The monoisotopic (exact) mass is 584 g/mol. The maximum Gasteiger partial charge on any atom is 0.319 e. The molecular weight excluding hydrogens is 559 g/mol. The van der Waals surface area contributed by atoms with Gasteiger partial charge in [0.25, 0.3) is 11.5 Å². The maximum atomic E-state index is 14.2. The van der Waals surface area contributed by atoms with Crippen LogP contribution in [0.4, 0.5) is 5.69 Å². The predicted octanol–water partition coefficient (Wildman–Crippen LogP) is 4.32. The Morgan fingerprint density at radius 2 is 1.77 bits per heavy atom. The fourth-order valence-corrected chi connectivity index (χ4v) is 5.30. The Morgan fingerprint density at radius 3 is 2.40 bits per heavy atom. The molecule has 5 rings (SSSR count). The Labute approximate surface area is 239 Å². The third-order valence-electron chi connectivity index (χ3n) is 6.67. The second kappa shape index (κ2) is 10.9. The van der Waals surface area contributed by atoms with Crippen molar-refractivity contribution in [2.24, 2.45) is 7.05 Å². The number of nitrogens with zero attached hydrogens (tertiary/aromatic N) is 6. The van der Waals surface area contributed by atoms with Crippen LogP contribution in [0.25, 0.3) is 11.4 Å². The zero-order chi connectivity index (χ0) is 28.7. The SMILES string of the molecule is COCC(C)n1c(-c2cnc(OC)nc2OC)nc2c1C(c1ccc(Cl)cc1)N(c1cc(Cl)c(=O)n(C)c1)C2=O. The summed E-state index contributed by atoms with van der Waals surface area (Å²) in [6.07, 6.45) is 3.12. The van der Waals surface area contributed by atoms with Gasteiger partial charge in [0.2, 0.25) is 5.88 Å². The number of carbonyl (C=O) groups is 1. The van der Waals surface area contributed by atoms with E-state index in [4.69, 9.17) is 42.4 Å². The van der Waals surface area contributed by atoms with Gasteiger partial charge in [-0.1, -0.05) is 35.3 Å². The van der Waals surface area contributed by atoms with Gasteiger partial charge in [0.1, 0.15) is 16.9 Å². The number of aromatic nitrogens is 5. The number of amides is 1. The lowest BCUT2D eigenvalue weighted by molar-refractivity contribution is 0.0989. The highest BCUT2D eigenvalue weighted by atomic mass is 35.5. The summed E-state index contributed by atoms with van der Waals surface area (Å²) in [7, 11) is 6.12. The summed E-state index contributed by atoms with van der Waals surface area (Å²) in [6.45, 7) is 2.28. The second-order valence-corrected chi connectivity index (χ2v) is 10.1. The van der Waals surface area contributed by atoms with Gasteiger partial charge in [0, 0.05) is 31.6 Å². The third-order valence-corrected chi connectivity index (χ3v) is 7.20. The molecule has 40 heavy (non-hydrogen) atoms. The van der Waals surface area contributed by atoms with Crippen molar-refractivity contribution in [2.45, 2.75) is 19.0 Å². The van der Waals surface area contributed by atoms with Crippen LogP contribution in [0.2, 0.25) is 10.0 Å². The number of fused-ring (bicyclic) bond motifs is 1. The fourth-order valence-electron chi connectivity index (χ4n) is 4.93. The molecule has 1 aliphatic rings. The molecule has 2 atom stereocenters. The molecule has 1 aliphatic heterocycles. The van der Waals surface area contributed by atoms with Crippen LogP contribution in [-0.2, 0) is 11.8 Å². The first-order chi connectivity index (χ1) is 19.2. The number of aryl methyl sites for hydroxylation is 1. The molecule has 0 bridgehead atoms. The summed E-state index contributed by atoms with van der Waals surface area (Å²) in [6, 6.07) is 7.91. The minimum Gasteiger partial charge on any atom is -0.480 e. The van der Waals surface area contributed by atoms with E-state index in [0.29, 0.717) is 34.4 Å². The molecule has 1 amide bonds. The van der Waals surface area contributed by atoms with Crippen molar-refractivity contribution in [2.75, 3.05) is 32.8 Å². The average molecular weight is 585 g/mol. The largest absolute Gasteiger partial charge is 0.480 e. The van der Waals surface area contributed by atoms with Crippen LogP contribution in [0.5, 0.6) is 11.9 Å². The van der Waals surface area contributed by atoms with Crippen molar-refractivity contribution in [1.29, 1.82) is 0 Å². The lowest BCUT2D eigenvalue weighted by atomic mass is 10.0. The van der Waals surface area contributed by atoms with Crippen LogP contribution in [0.1, 0.15) is 40.8 Å². The minimum absolute atomic E-state index is 0.0105. The number of benzene rings is 1. The zero-order valence-electron chi connectivity index (χ0n) is 22.4. The number of rotatable bonds is 8. The standard InChI is InChI=1S/C27H26Cl2N6O5/c1-14(13-38-3)34-22-20(31-23(34)18-11-30-27(40-5)32-24(18)39-4)26(37)35(17-10-19(29)25(36)33(2)12-17)21(22)15-6-8-16(28)9-7-15/h6-12,14,21H,13H2,1-5H3. The van der Waals surface area contributed by atoms with Crippen LogP contribution in [-0.4, -0.2) is 57.9 Å². The van der Waals surface area contributed by atoms with Gasteiger partial charge in [-0.05, 0) is 30.7 Å². The highest BCUT2D eigenvalue weighted by molar-refractivity contribution is 6.31. The summed E-state index contributed by atoms with van der Waals surface area (Å²) < 4.78 is 19.5. The van der Waals surface area contributed by atoms with E-state index < -0.39 is 6.04 Å². The van der Waals surface area contributed by atoms with E-state index in [1.807, 2.05) is 23.6 Å². The topological polar surface area (TPSA) is 114 Å². The van der Waals surface area contributed by atoms with E-state index >= 15 is 0 Å². The van der Waals surface area contributed by atoms with Crippen LogP contribution in [0.3, 0.4) is 0 Å². The molecule has 0 saturated heterocycles. The highest BCUT2D eigenvalue weighted by Crippen LogP contribution is 2.45. The van der Waals surface area contributed by atoms with Gasteiger partial charge >= 0.3 is 6.01 Å². The van der Waals surface area contributed by atoms with Crippen molar-refractivity contribution in [3.05, 3.63) is 80.1 Å². The number of halogens is 2. The Kier molecular flexibility index (Phi) is 7.54. The Morgan fingerprint density at radius 1 is 1.05 bits per heavy atom. The molecular formula is C27H26Cl2N6O5. The quantitative estimate of drug-likeness (QED) is 0.301. The smallest absolute Gasteiger partial charge is 0.319 e. The average Bonchev–Trinajstić information content (AvgIpc) is 3.46. The van der Waals surface area contributed by atoms with Crippen LogP contribution < -0.4 is 19.9 Å². The van der Waals surface area contributed by atoms with Gasteiger partial charge in [0.15, 0.2) is 5.69 Å². The number of methoxy groups -OCH3 is 3. The molecule has 0 spiro atoms. The first kappa shape index (κ1) is 27.6. The number of hydrogen-bond acceptors (Lipinski definition) is 8. The highest BCUT2D eigenvalue weighted by Gasteiger charge is 2.45. The van der Waals surface area contributed by atoms with E-state index in [-0.39, 0.29) is 40.1 Å². The maximum absolute atomic E-state index is 14.2. The van der Waals surface area contributed by atoms with Crippen molar-refractivity contribution in [3.63, 3.8) is 0 Å². The normalized spacial score (nSPS) is 15.3. The molecule has 1 aromatic carbocycles. The number of hydrogen-bond donors (Lipinski definition) is 0. The molecule has 0 radical (unpaired) electrons. The molecule has 13 heteroatoms. The fraction of sp³-hybridized carbons (Fsp3) is 0.296. The van der Waals surface area contributed by atoms with Crippen LogP contribution in [0, 0.1) is 0 Å². The van der Waals surface area contributed by atoms with Gasteiger partial charge in [-0.3, -0.25) is 14.5 Å². The van der Waals surface area contributed by atoms with Crippen LogP contribution >= 0.6 is 23.2 Å². The molecule has 0 fully saturated rings. The molecule has 2 unspecified atom stereocenters. The van der Waals surface area contributed by atoms with E-state index in [1.54, 1.807) is 43.6 Å². The second-order valence-electron chi connectivity index (χ2n) is 9.21. The lowest BCUT2D eigenvalue weighted by Crippen LogP contribution is -2.32. The van der Waals surface area contributed by atoms with Crippen molar-refractivity contribution >= 4 is 34.8 Å². The van der Waals surface area contributed by atoms with Crippen molar-refractivity contribution in [3.8, 4) is 23.3 Å². The number of anilines is 1. The van der Waals surface area contributed by atoms with Gasteiger partial charge in [-0.2, -0.15) is 4.98 Å². The van der Waals surface area contributed by atoms with E-state index in [2.05, 4.69) is 9.97 Å². The van der Waals surface area contributed by atoms with Crippen molar-refractivity contribution in [1.82, 2.24) is 24.1 Å². The van der Waals surface area contributed by atoms with Gasteiger partial charge < -0.3 is 23.3 Å². The zero-order valence-corrected chi connectivity index (χ0v) is 23.9. The molecule has 4 aromatic rings. The molecule has 0 aliphatic carbocycles. The molecule has 0 saturated carbocycles. The molecule has 3 aromatic heterocycles. The summed E-state index contributed by atoms with van der Waals surface area (Å²) in [4.78, 5) is 41.5. The minimum atomic E-state index is -0.640. The third kappa shape index (κ3) is 4.59. The number of imidazole rings is 1. The summed E-state index contributed by atoms with van der Waals surface area (Å²) >= 11 is 12.5.